The minimum absolute atomic E-state index is 0.817. The Balaban J connectivity index is 1.04. The number of aryl methyl sites for hydroxylation is 4. The molecule has 0 spiro atoms. The second-order valence-electron chi connectivity index (χ2n) is 15.7. The van der Waals surface area contributed by atoms with Gasteiger partial charge in [-0.05, 0) is 157 Å². The SMILES string of the molecule is Cc1ccc(N(c2ccccc2)c2ccc3cc4c(cc3c2)oc2c4ccc3oc4cc5cc(N(c6ccccc6)c6ccc(C)cc6C)ccc5cc4c32)c(C)c1. The summed E-state index contributed by atoms with van der Waals surface area (Å²) in [4.78, 5) is 4.68. The van der Waals surface area contributed by atoms with Gasteiger partial charge in [-0.25, -0.2) is 0 Å². The van der Waals surface area contributed by atoms with Gasteiger partial charge >= 0.3 is 0 Å². The van der Waals surface area contributed by atoms with E-state index >= 15 is 0 Å². The number of rotatable bonds is 6. The topological polar surface area (TPSA) is 32.8 Å². The molecule has 2 heterocycles. The third-order valence-corrected chi connectivity index (χ3v) is 11.7. The number of furan rings is 2. The summed E-state index contributed by atoms with van der Waals surface area (Å²) in [5, 5.41) is 8.78. The minimum atomic E-state index is 0.817. The molecule has 0 aliphatic carbocycles. The van der Waals surface area contributed by atoms with Crippen molar-refractivity contribution in [1.82, 2.24) is 0 Å². The lowest BCUT2D eigenvalue weighted by molar-refractivity contribution is 0.663. The van der Waals surface area contributed by atoms with Crippen molar-refractivity contribution in [3.05, 3.63) is 192 Å². The van der Waals surface area contributed by atoms with Crippen molar-refractivity contribution in [3.8, 4) is 0 Å². The van der Waals surface area contributed by atoms with Gasteiger partial charge < -0.3 is 18.6 Å². The van der Waals surface area contributed by atoms with Crippen LogP contribution in [0.5, 0.6) is 0 Å². The van der Waals surface area contributed by atoms with Crippen LogP contribution in [-0.2, 0) is 0 Å². The van der Waals surface area contributed by atoms with E-state index in [1.54, 1.807) is 0 Å². The van der Waals surface area contributed by atoms with Gasteiger partial charge in [0.05, 0.1) is 5.39 Å². The third-order valence-electron chi connectivity index (χ3n) is 11.7. The molecule has 9 aromatic carbocycles. The molecule has 4 heteroatoms. The summed E-state index contributed by atoms with van der Waals surface area (Å²) in [5.74, 6) is 0. The van der Waals surface area contributed by atoms with Crippen molar-refractivity contribution in [3.63, 3.8) is 0 Å². The van der Waals surface area contributed by atoms with Crippen LogP contribution in [0.2, 0.25) is 0 Å². The molecule has 0 unspecified atom stereocenters. The Morgan fingerprint density at radius 3 is 1.40 bits per heavy atom. The van der Waals surface area contributed by atoms with Gasteiger partial charge in [-0.1, -0.05) is 83.9 Å². The summed E-state index contributed by atoms with van der Waals surface area (Å²) < 4.78 is 13.5. The Morgan fingerprint density at radius 1 is 0.345 bits per heavy atom. The van der Waals surface area contributed by atoms with Gasteiger partial charge in [0.15, 0.2) is 0 Å². The third kappa shape index (κ3) is 5.52. The van der Waals surface area contributed by atoms with Gasteiger partial charge in [-0.3, -0.25) is 0 Å². The Bertz CT molecular complexity index is 3400. The fourth-order valence-electron chi connectivity index (χ4n) is 8.95. The van der Waals surface area contributed by atoms with Crippen LogP contribution in [0, 0.1) is 27.7 Å². The number of anilines is 6. The Kier molecular flexibility index (Phi) is 7.70. The fraction of sp³-hybridized carbons (Fsp3) is 0.0741. The molecule has 0 saturated carbocycles. The molecule has 0 atom stereocenters. The number of hydrogen-bond donors (Lipinski definition) is 0. The highest BCUT2D eigenvalue weighted by Crippen LogP contribution is 2.44. The van der Waals surface area contributed by atoms with E-state index in [0.717, 1.165) is 99.5 Å². The predicted octanol–water partition coefficient (Wildman–Crippen LogP) is 16.0. The molecular weight excluding hydrogens is 709 g/mol. The van der Waals surface area contributed by atoms with Crippen molar-refractivity contribution in [2.24, 2.45) is 0 Å². The molecule has 278 valence electrons. The highest BCUT2D eigenvalue weighted by atomic mass is 16.3. The standard InChI is InChI=1S/C54H40N2O2/c1-33-15-22-48(35(3)25-33)55(41-11-7-5-8-12-41)43-19-17-37-29-46-45-21-24-50-53(54(45)58-51(46)31-39(37)27-43)47-30-38-18-20-44(28-40(38)32-52(47)57-50)56(42-13-9-6-10-14-42)49-23-16-34(2)26-36(49)4/h5-32H,1-4H3. The Hall–Kier alpha value is -7.30. The van der Waals surface area contributed by atoms with Crippen molar-refractivity contribution in [2.75, 3.05) is 9.80 Å². The molecule has 4 nitrogen and oxygen atoms in total. The normalized spacial score (nSPS) is 11.8. The predicted molar refractivity (Wildman–Crippen MR) is 244 cm³/mol. The number of benzene rings is 9. The van der Waals surface area contributed by atoms with Crippen molar-refractivity contribution >= 4 is 99.5 Å². The summed E-state index contributed by atoms with van der Waals surface area (Å²) in [7, 11) is 0. The van der Waals surface area contributed by atoms with Crippen LogP contribution >= 0.6 is 0 Å². The van der Waals surface area contributed by atoms with Gasteiger partial charge in [-0.15, -0.1) is 0 Å². The maximum atomic E-state index is 6.84. The van der Waals surface area contributed by atoms with Gasteiger partial charge in [0.2, 0.25) is 0 Å². The number of fused-ring (bicyclic) bond motifs is 9. The van der Waals surface area contributed by atoms with E-state index in [1.165, 1.54) is 22.3 Å². The molecule has 0 amide bonds. The van der Waals surface area contributed by atoms with Crippen molar-refractivity contribution in [1.29, 1.82) is 0 Å². The van der Waals surface area contributed by atoms with Crippen LogP contribution in [0.3, 0.4) is 0 Å². The summed E-state index contributed by atoms with van der Waals surface area (Å²) in [6.45, 7) is 8.65. The van der Waals surface area contributed by atoms with E-state index in [9.17, 15) is 0 Å². The van der Waals surface area contributed by atoms with E-state index in [-0.39, 0.29) is 0 Å². The molecule has 2 aromatic heterocycles. The first-order chi connectivity index (χ1) is 28.4. The van der Waals surface area contributed by atoms with E-state index in [2.05, 4.69) is 207 Å². The zero-order valence-corrected chi connectivity index (χ0v) is 32.9. The van der Waals surface area contributed by atoms with Crippen LogP contribution in [0.4, 0.5) is 34.1 Å². The molecular formula is C54H40N2O2. The van der Waals surface area contributed by atoms with Crippen LogP contribution < -0.4 is 9.80 Å². The molecule has 11 aromatic rings. The molecule has 0 aliphatic heterocycles. The second-order valence-corrected chi connectivity index (χ2v) is 15.7. The molecule has 0 radical (unpaired) electrons. The highest BCUT2D eigenvalue weighted by molar-refractivity contribution is 6.24. The zero-order chi connectivity index (χ0) is 39.1. The minimum Gasteiger partial charge on any atom is -0.456 e. The van der Waals surface area contributed by atoms with E-state index in [4.69, 9.17) is 8.83 Å². The molecule has 58 heavy (non-hydrogen) atoms. The number of hydrogen-bond acceptors (Lipinski definition) is 4. The van der Waals surface area contributed by atoms with Crippen molar-refractivity contribution < 1.29 is 8.83 Å². The van der Waals surface area contributed by atoms with E-state index < -0.39 is 0 Å². The smallest absolute Gasteiger partial charge is 0.147 e. The number of para-hydroxylation sites is 2. The second kappa shape index (κ2) is 13.1. The lowest BCUT2D eigenvalue weighted by Crippen LogP contribution is -2.11. The van der Waals surface area contributed by atoms with Gasteiger partial charge in [0.25, 0.3) is 0 Å². The molecule has 11 rings (SSSR count). The quantitative estimate of drug-likeness (QED) is 0.170. The largest absolute Gasteiger partial charge is 0.456 e. The molecule has 0 bridgehead atoms. The van der Waals surface area contributed by atoms with Crippen LogP contribution in [-0.4, -0.2) is 0 Å². The average Bonchev–Trinajstić information content (AvgIpc) is 3.78. The van der Waals surface area contributed by atoms with Crippen LogP contribution in [0.25, 0.3) is 65.4 Å². The zero-order valence-electron chi connectivity index (χ0n) is 32.9. The lowest BCUT2D eigenvalue weighted by atomic mass is 10.0. The first-order valence-electron chi connectivity index (χ1n) is 19.9. The maximum absolute atomic E-state index is 6.84. The van der Waals surface area contributed by atoms with Gasteiger partial charge in [-0.2, -0.15) is 0 Å². The van der Waals surface area contributed by atoms with Crippen LogP contribution in [0.1, 0.15) is 22.3 Å². The van der Waals surface area contributed by atoms with Gasteiger partial charge in [0.1, 0.15) is 22.3 Å². The van der Waals surface area contributed by atoms with E-state index in [1.807, 2.05) is 0 Å². The average molecular weight is 749 g/mol. The number of nitrogens with zero attached hydrogens (tertiary/aromatic N) is 2. The van der Waals surface area contributed by atoms with E-state index in [0.29, 0.717) is 0 Å². The summed E-state index contributed by atoms with van der Waals surface area (Å²) in [6, 6.07) is 61.0. The summed E-state index contributed by atoms with van der Waals surface area (Å²) in [5.41, 5.74) is 15.1. The maximum Gasteiger partial charge on any atom is 0.147 e. The molecule has 0 saturated heterocycles. The first-order valence-corrected chi connectivity index (χ1v) is 19.9. The monoisotopic (exact) mass is 748 g/mol. The molecule has 0 aliphatic rings. The summed E-state index contributed by atoms with van der Waals surface area (Å²) in [6.07, 6.45) is 0. The lowest BCUT2D eigenvalue weighted by Gasteiger charge is -2.27. The van der Waals surface area contributed by atoms with Crippen LogP contribution in [0.15, 0.2) is 179 Å². The molecule has 0 N–H and O–H groups in total. The first kappa shape index (κ1) is 34.0. The molecule has 0 fully saturated rings. The van der Waals surface area contributed by atoms with Gasteiger partial charge in [0, 0.05) is 50.3 Å². The highest BCUT2D eigenvalue weighted by Gasteiger charge is 2.20. The van der Waals surface area contributed by atoms with Crippen molar-refractivity contribution in [2.45, 2.75) is 27.7 Å². The Morgan fingerprint density at radius 2 is 0.862 bits per heavy atom. The summed E-state index contributed by atoms with van der Waals surface area (Å²) >= 11 is 0. The fourth-order valence-corrected chi connectivity index (χ4v) is 8.95. The Labute approximate surface area is 336 Å².